The Kier molecular flexibility index (Phi) is 5.87. The Labute approximate surface area is 191 Å². The number of ether oxygens (including phenoxy) is 1. The number of carbonyl (C=O) groups excluding carboxylic acids is 3. The summed E-state index contributed by atoms with van der Waals surface area (Å²) in [5, 5.41) is 9.78. The quantitative estimate of drug-likeness (QED) is 0.638. The predicted octanol–water partition coefficient (Wildman–Crippen LogP) is 2.22. The first-order chi connectivity index (χ1) is 15.5. The first-order valence-electron chi connectivity index (χ1n) is 10.2. The fourth-order valence-corrected chi connectivity index (χ4v) is 3.90. The van der Waals surface area contributed by atoms with E-state index in [1.807, 2.05) is 30.3 Å². The highest BCUT2D eigenvalue weighted by molar-refractivity contribution is 6.05. The summed E-state index contributed by atoms with van der Waals surface area (Å²) in [5.41, 5.74) is 3.47. The molecule has 2 aliphatic rings. The number of benzene rings is 2. The highest BCUT2D eigenvalue weighted by Crippen LogP contribution is 2.38. The third-order valence-electron chi connectivity index (χ3n) is 5.59. The second-order valence-corrected chi connectivity index (χ2v) is 7.85. The lowest BCUT2D eigenvalue weighted by Crippen LogP contribution is -2.49. The van der Waals surface area contributed by atoms with Gasteiger partial charge in [-0.2, -0.15) is 5.10 Å². The number of hydrogen-bond acceptors (Lipinski definition) is 5. The van der Waals surface area contributed by atoms with Crippen LogP contribution in [0.4, 0.5) is 11.4 Å². The summed E-state index contributed by atoms with van der Waals surface area (Å²) in [6, 6.07) is 12.4. The van der Waals surface area contributed by atoms with Crippen LogP contribution in [-0.2, 0) is 22.6 Å². The maximum absolute atomic E-state index is 13.0. The van der Waals surface area contributed by atoms with E-state index >= 15 is 0 Å². The van der Waals surface area contributed by atoms with Gasteiger partial charge in [0, 0.05) is 18.9 Å². The van der Waals surface area contributed by atoms with Crippen LogP contribution in [0, 0.1) is 0 Å². The number of nitrogens with zero attached hydrogens (tertiary/aromatic N) is 3. The maximum Gasteiger partial charge on any atom is 0.255 e. The standard InChI is InChI=1S/C23H21N5O4.CH4/c1-27-19-9-17-15(8-21(29)25-17)7-20(19)32-13-18(23(27)31)26-22(30)16-10-24-28(12-16)11-14-5-3-2-4-6-14;/h2-7,9-10,12,18H,8,11,13H2,1H3,(H,25,29)(H,26,30);1H4/t18-;/m0./s1. The van der Waals surface area contributed by atoms with Gasteiger partial charge >= 0.3 is 0 Å². The molecule has 3 amide bonds. The maximum atomic E-state index is 13.0. The Hall–Kier alpha value is -4.14. The second kappa shape index (κ2) is 8.78. The zero-order chi connectivity index (χ0) is 22.2. The van der Waals surface area contributed by atoms with Gasteiger partial charge in [0.1, 0.15) is 18.4 Å². The average Bonchev–Trinajstić information content (AvgIpc) is 3.38. The molecule has 3 aromatic rings. The van der Waals surface area contributed by atoms with E-state index in [9.17, 15) is 14.4 Å². The Bertz CT molecular complexity index is 1220. The molecule has 9 nitrogen and oxygen atoms in total. The molecular weight excluding hydrogens is 422 g/mol. The van der Waals surface area contributed by atoms with Gasteiger partial charge in [0.15, 0.2) is 0 Å². The van der Waals surface area contributed by atoms with E-state index in [0.717, 1.165) is 11.1 Å². The first-order valence-corrected chi connectivity index (χ1v) is 10.2. The summed E-state index contributed by atoms with van der Waals surface area (Å²) in [5.74, 6) is -0.297. The Morgan fingerprint density at radius 1 is 1.24 bits per heavy atom. The van der Waals surface area contributed by atoms with Crippen molar-refractivity contribution in [3.8, 4) is 5.75 Å². The van der Waals surface area contributed by atoms with Gasteiger partial charge in [-0.05, 0) is 23.3 Å². The van der Waals surface area contributed by atoms with Crippen LogP contribution in [-0.4, -0.2) is 47.2 Å². The molecule has 170 valence electrons. The van der Waals surface area contributed by atoms with Gasteiger partial charge in [0.2, 0.25) is 5.91 Å². The zero-order valence-electron chi connectivity index (χ0n) is 17.4. The van der Waals surface area contributed by atoms with Gasteiger partial charge in [0.05, 0.1) is 30.4 Å². The summed E-state index contributed by atoms with van der Waals surface area (Å²) in [4.78, 5) is 38.9. The number of hydrogen-bond donors (Lipinski definition) is 2. The number of likely N-dealkylation sites (N-methyl/N-ethyl adjacent to an activating group) is 1. The van der Waals surface area contributed by atoms with E-state index in [1.54, 1.807) is 30.1 Å². The average molecular weight is 447 g/mol. The van der Waals surface area contributed by atoms with E-state index < -0.39 is 11.9 Å². The van der Waals surface area contributed by atoms with Crippen LogP contribution in [0.15, 0.2) is 54.9 Å². The van der Waals surface area contributed by atoms with Gasteiger partial charge in [-0.25, -0.2) is 0 Å². The second-order valence-electron chi connectivity index (χ2n) is 7.85. The van der Waals surface area contributed by atoms with Crippen molar-refractivity contribution in [1.29, 1.82) is 0 Å². The normalized spacial score (nSPS) is 16.6. The number of carbonyl (C=O) groups is 3. The Morgan fingerprint density at radius 2 is 2.03 bits per heavy atom. The minimum Gasteiger partial charge on any atom is -0.489 e. The summed E-state index contributed by atoms with van der Waals surface area (Å²) in [7, 11) is 1.62. The number of nitrogens with one attached hydrogen (secondary N) is 2. The lowest BCUT2D eigenvalue weighted by atomic mass is 10.1. The van der Waals surface area contributed by atoms with Crippen LogP contribution >= 0.6 is 0 Å². The molecule has 0 radical (unpaired) electrons. The van der Waals surface area contributed by atoms with Crippen LogP contribution in [0.2, 0.25) is 0 Å². The fourth-order valence-electron chi connectivity index (χ4n) is 3.90. The van der Waals surface area contributed by atoms with Crippen LogP contribution in [0.5, 0.6) is 5.75 Å². The van der Waals surface area contributed by atoms with Crippen LogP contribution in [0.3, 0.4) is 0 Å². The van der Waals surface area contributed by atoms with Crippen molar-refractivity contribution >= 4 is 29.1 Å². The Balaban J connectivity index is 0.00000259. The minimum atomic E-state index is -0.859. The van der Waals surface area contributed by atoms with Crippen LogP contribution < -0.4 is 20.3 Å². The van der Waals surface area contributed by atoms with E-state index in [-0.39, 0.29) is 32.3 Å². The van der Waals surface area contributed by atoms with Crippen molar-refractivity contribution in [2.24, 2.45) is 0 Å². The van der Waals surface area contributed by atoms with Crippen molar-refractivity contribution in [3.05, 3.63) is 71.5 Å². The smallest absolute Gasteiger partial charge is 0.255 e. The SMILES string of the molecule is C.CN1C(=O)[C@@H](NC(=O)c2cnn(Cc3ccccc3)c2)COc2cc3c(cc21)NC(=O)C3. The molecule has 0 fully saturated rings. The molecule has 5 rings (SSSR count). The molecule has 0 saturated carbocycles. The van der Waals surface area contributed by atoms with Crippen molar-refractivity contribution in [2.45, 2.75) is 26.4 Å². The molecule has 0 spiro atoms. The summed E-state index contributed by atoms with van der Waals surface area (Å²) in [6.07, 6.45) is 3.40. The monoisotopic (exact) mass is 447 g/mol. The third-order valence-corrected chi connectivity index (χ3v) is 5.59. The van der Waals surface area contributed by atoms with Gasteiger partial charge in [-0.15, -0.1) is 0 Å². The molecule has 1 atom stereocenters. The van der Waals surface area contributed by atoms with Crippen molar-refractivity contribution in [3.63, 3.8) is 0 Å². The van der Waals surface area contributed by atoms with E-state index in [4.69, 9.17) is 4.74 Å². The molecule has 2 N–H and O–H groups in total. The molecule has 2 aliphatic heterocycles. The van der Waals surface area contributed by atoms with Gasteiger partial charge in [0.25, 0.3) is 11.8 Å². The molecule has 1 aromatic heterocycles. The van der Waals surface area contributed by atoms with Crippen molar-refractivity contribution < 1.29 is 19.1 Å². The molecule has 0 saturated heterocycles. The van der Waals surface area contributed by atoms with Gasteiger partial charge in [-0.3, -0.25) is 19.1 Å². The highest BCUT2D eigenvalue weighted by Gasteiger charge is 2.33. The van der Waals surface area contributed by atoms with Gasteiger partial charge < -0.3 is 20.3 Å². The molecule has 33 heavy (non-hydrogen) atoms. The fraction of sp³-hybridized carbons (Fsp3) is 0.250. The zero-order valence-corrected chi connectivity index (χ0v) is 17.4. The summed E-state index contributed by atoms with van der Waals surface area (Å²) in [6.45, 7) is 0.527. The van der Waals surface area contributed by atoms with Crippen LogP contribution in [0.25, 0.3) is 0 Å². The lowest BCUT2D eigenvalue weighted by Gasteiger charge is -2.20. The van der Waals surface area contributed by atoms with E-state index in [0.29, 0.717) is 29.2 Å². The molecule has 2 aromatic carbocycles. The lowest BCUT2D eigenvalue weighted by molar-refractivity contribution is -0.120. The number of amides is 3. The first kappa shape index (κ1) is 22.1. The predicted molar refractivity (Wildman–Crippen MR) is 123 cm³/mol. The minimum absolute atomic E-state index is 0. The van der Waals surface area contributed by atoms with Crippen molar-refractivity contribution in [2.75, 3.05) is 23.9 Å². The van der Waals surface area contributed by atoms with Crippen LogP contribution in [0.1, 0.15) is 28.9 Å². The summed E-state index contributed by atoms with van der Waals surface area (Å²) >= 11 is 0. The largest absolute Gasteiger partial charge is 0.489 e. The Morgan fingerprint density at radius 3 is 2.82 bits per heavy atom. The molecule has 3 heterocycles. The topological polar surface area (TPSA) is 106 Å². The van der Waals surface area contributed by atoms with Gasteiger partial charge in [-0.1, -0.05) is 37.8 Å². The molecule has 9 heteroatoms. The molecule has 0 aliphatic carbocycles. The van der Waals surface area contributed by atoms with E-state index in [1.165, 1.54) is 11.1 Å². The number of aromatic nitrogens is 2. The molecule has 0 unspecified atom stereocenters. The number of anilines is 2. The summed E-state index contributed by atoms with van der Waals surface area (Å²) < 4.78 is 7.52. The number of rotatable bonds is 4. The highest BCUT2D eigenvalue weighted by atomic mass is 16.5. The van der Waals surface area contributed by atoms with E-state index in [2.05, 4.69) is 15.7 Å². The molecule has 0 bridgehead atoms. The van der Waals surface area contributed by atoms with Crippen molar-refractivity contribution in [1.82, 2.24) is 15.1 Å². The number of fused-ring (bicyclic) bond motifs is 2. The third kappa shape index (κ3) is 4.30. The molecular formula is C24H25N5O4.